The summed E-state index contributed by atoms with van der Waals surface area (Å²) in [5, 5.41) is 0. The third-order valence-electron chi connectivity index (χ3n) is 9.07. The molecule has 0 radical (unpaired) electrons. The van der Waals surface area contributed by atoms with E-state index >= 15 is 0 Å². The van der Waals surface area contributed by atoms with Crippen molar-refractivity contribution in [1.82, 2.24) is 4.90 Å². The molecule has 8 nitrogen and oxygen atoms in total. The number of hydrogen-bond donors (Lipinski definition) is 0. The maximum absolute atomic E-state index is 13.1. The van der Waals surface area contributed by atoms with E-state index in [-0.39, 0.29) is 62.3 Å². The van der Waals surface area contributed by atoms with Gasteiger partial charge < -0.3 is 18.9 Å². The summed E-state index contributed by atoms with van der Waals surface area (Å²) in [5.74, 6) is 0.239. The molecule has 0 aromatic rings. The van der Waals surface area contributed by atoms with E-state index in [2.05, 4.69) is 34.3 Å². The Labute approximate surface area is 281 Å². The van der Waals surface area contributed by atoms with Crippen molar-refractivity contribution < 1.29 is 33.3 Å². The highest BCUT2D eigenvalue weighted by atomic mass is 16.6. The molecule has 0 spiro atoms. The van der Waals surface area contributed by atoms with Crippen molar-refractivity contribution in [3.05, 3.63) is 12.3 Å². The molecule has 8 heteroatoms. The molecule has 1 heterocycles. The lowest BCUT2D eigenvalue weighted by molar-refractivity contribution is -0.151. The van der Waals surface area contributed by atoms with Gasteiger partial charge in [0.2, 0.25) is 0 Å². The van der Waals surface area contributed by atoms with Gasteiger partial charge in [0.1, 0.15) is 6.61 Å². The second kappa shape index (κ2) is 26.8. The number of unbranched alkanes of at least 4 members (excludes halogenated alkanes) is 10. The summed E-state index contributed by atoms with van der Waals surface area (Å²) in [6.07, 6.45) is 19.0. The molecule has 1 aliphatic rings. The van der Waals surface area contributed by atoms with Crippen LogP contribution in [0.5, 0.6) is 0 Å². The summed E-state index contributed by atoms with van der Waals surface area (Å²) in [4.78, 5) is 40.3. The summed E-state index contributed by atoms with van der Waals surface area (Å²) in [7, 11) is 0. The first-order valence-corrected chi connectivity index (χ1v) is 18.8. The number of nitrogens with zero attached hydrogens (tertiary/aromatic N) is 1. The normalized spacial score (nSPS) is 17.4. The highest BCUT2D eigenvalue weighted by molar-refractivity contribution is 5.71. The second-order valence-electron chi connectivity index (χ2n) is 13.5. The van der Waals surface area contributed by atoms with E-state index in [4.69, 9.17) is 18.9 Å². The molecule has 4 atom stereocenters. The van der Waals surface area contributed by atoms with Crippen LogP contribution in [0.4, 0.5) is 4.79 Å². The fourth-order valence-electron chi connectivity index (χ4n) is 5.94. The quantitative estimate of drug-likeness (QED) is 0.0360. The van der Waals surface area contributed by atoms with Crippen molar-refractivity contribution in [1.29, 1.82) is 0 Å². The van der Waals surface area contributed by atoms with Crippen molar-refractivity contribution >= 4 is 18.0 Å². The maximum atomic E-state index is 13.1. The van der Waals surface area contributed by atoms with Crippen LogP contribution >= 0.6 is 0 Å². The summed E-state index contributed by atoms with van der Waals surface area (Å²) >= 11 is 0. The molecule has 1 aliphatic heterocycles. The minimum atomic E-state index is -0.380. The minimum Gasteiger partial charge on any atom is -0.498 e. The number of hydrogen-bond acceptors (Lipinski definition) is 7. The van der Waals surface area contributed by atoms with Gasteiger partial charge >= 0.3 is 18.0 Å². The Bertz CT molecular complexity index is 800. The van der Waals surface area contributed by atoms with Gasteiger partial charge in [-0.2, -0.15) is 0 Å². The number of amides is 1. The molecular formula is C38H69NO7. The lowest BCUT2D eigenvalue weighted by Gasteiger charge is -2.30. The Morgan fingerprint density at radius 1 is 0.696 bits per heavy atom. The first-order valence-electron chi connectivity index (χ1n) is 18.8. The lowest BCUT2D eigenvalue weighted by atomic mass is 9.98. The summed E-state index contributed by atoms with van der Waals surface area (Å²) < 4.78 is 22.8. The van der Waals surface area contributed by atoms with Gasteiger partial charge in [-0.1, -0.05) is 112 Å². The van der Waals surface area contributed by atoms with Gasteiger partial charge in [-0.3, -0.25) is 14.5 Å². The van der Waals surface area contributed by atoms with Crippen molar-refractivity contribution in [2.75, 3.05) is 26.4 Å². The molecule has 0 aromatic heterocycles. The molecule has 4 unspecified atom stereocenters. The molecule has 0 aromatic carbocycles. The number of ether oxygens (including phenoxy) is 4. The van der Waals surface area contributed by atoms with Crippen LogP contribution in [0, 0.1) is 11.8 Å². The van der Waals surface area contributed by atoms with Gasteiger partial charge in [0.25, 0.3) is 0 Å². The van der Waals surface area contributed by atoms with E-state index in [0.29, 0.717) is 24.7 Å². The molecule has 0 bridgehead atoms. The zero-order chi connectivity index (χ0) is 34.0. The number of rotatable bonds is 28. The Morgan fingerprint density at radius 2 is 1.28 bits per heavy atom. The average Bonchev–Trinajstić information content (AvgIpc) is 3.45. The number of esters is 2. The molecule has 1 amide bonds. The average molecular weight is 652 g/mol. The third kappa shape index (κ3) is 19.4. The van der Waals surface area contributed by atoms with Gasteiger partial charge in [-0.05, 0) is 44.4 Å². The molecule has 1 fully saturated rings. The monoisotopic (exact) mass is 652 g/mol. The van der Waals surface area contributed by atoms with Crippen LogP contribution < -0.4 is 0 Å². The van der Waals surface area contributed by atoms with E-state index < -0.39 is 0 Å². The number of carbonyl (C=O) groups excluding carboxylic acids is 3. The summed E-state index contributed by atoms with van der Waals surface area (Å²) in [6.45, 7) is 15.7. The lowest BCUT2D eigenvalue weighted by Crippen LogP contribution is -2.44. The van der Waals surface area contributed by atoms with Crippen LogP contribution in [0.25, 0.3) is 0 Å². The zero-order valence-corrected chi connectivity index (χ0v) is 30.3. The predicted octanol–water partition coefficient (Wildman–Crippen LogP) is 9.93. The second-order valence-corrected chi connectivity index (χ2v) is 13.5. The van der Waals surface area contributed by atoms with Crippen molar-refractivity contribution in [2.45, 2.75) is 175 Å². The van der Waals surface area contributed by atoms with E-state index in [1.807, 2.05) is 11.8 Å². The van der Waals surface area contributed by atoms with E-state index in [0.717, 1.165) is 70.6 Å². The van der Waals surface area contributed by atoms with Gasteiger partial charge in [0.05, 0.1) is 38.0 Å². The topological polar surface area (TPSA) is 91.4 Å². The molecule has 46 heavy (non-hydrogen) atoms. The van der Waals surface area contributed by atoms with Crippen LogP contribution in [0.1, 0.15) is 163 Å². The Kier molecular flexibility index (Phi) is 24.3. The van der Waals surface area contributed by atoms with E-state index in [9.17, 15) is 14.4 Å². The van der Waals surface area contributed by atoms with Gasteiger partial charge in [0.15, 0.2) is 0 Å². The SMILES string of the molecule is C=C(CCCCCCCC)OCC(COC(=O)CCCCCCCC)CC(=O)OCC1CCC(CC(C)CC)N1C(=O)OCCC. The summed E-state index contributed by atoms with van der Waals surface area (Å²) in [6, 6.07) is -0.114. The molecule has 0 aliphatic carbocycles. The third-order valence-corrected chi connectivity index (χ3v) is 9.07. The minimum absolute atomic E-state index is 0.0674. The van der Waals surface area contributed by atoms with Crippen LogP contribution in [0.2, 0.25) is 0 Å². The van der Waals surface area contributed by atoms with E-state index in [1.54, 1.807) is 0 Å². The van der Waals surface area contributed by atoms with Gasteiger partial charge in [-0.25, -0.2) is 4.79 Å². The van der Waals surface area contributed by atoms with Crippen LogP contribution in [0.15, 0.2) is 12.3 Å². The van der Waals surface area contributed by atoms with Crippen molar-refractivity contribution in [3.8, 4) is 0 Å². The maximum Gasteiger partial charge on any atom is 0.410 e. The van der Waals surface area contributed by atoms with Crippen LogP contribution in [0.3, 0.4) is 0 Å². The first kappa shape index (κ1) is 41.8. The largest absolute Gasteiger partial charge is 0.498 e. The Balaban J connectivity index is 2.69. The molecule has 0 N–H and O–H groups in total. The number of allylic oxidation sites excluding steroid dienone is 1. The Morgan fingerprint density at radius 3 is 1.91 bits per heavy atom. The van der Waals surface area contributed by atoms with Crippen LogP contribution in [-0.4, -0.2) is 61.4 Å². The zero-order valence-electron chi connectivity index (χ0n) is 30.3. The smallest absolute Gasteiger partial charge is 0.410 e. The highest BCUT2D eigenvalue weighted by Gasteiger charge is 2.39. The van der Waals surface area contributed by atoms with Gasteiger partial charge in [0, 0.05) is 24.8 Å². The number of carbonyl (C=O) groups is 3. The van der Waals surface area contributed by atoms with Crippen molar-refractivity contribution in [2.24, 2.45) is 11.8 Å². The van der Waals surface area contributed by atoms with Gasteiger partial charge in [-0.15, -0.1) is 0 Å². The predicted molar refractivity (Wildman–Crippen MR) is 185 cm³/mol. The molecule has 268 valence electrons. The fourth-order valence-corrected chi connectivity index (χ4v) is 5.94. The summed E-state index contributed by atoms with van der Waals surface area (Å²) in [5.41, 5.74) is 0. The molecule has 0 saturated carbocycles. The van der Waals surface area contributed by atoms with E-state index in [1.165, 1.54) is 44.9 Å². The first-order chi connectivity index (χ1) is 22.2. The molecule has 1 rings (SSSR count). The number of likely N-dealkylation sites (tertiary alicyclic amines) is 1. The standard InChI is InChI=1S/C38H69NO7/c1-7-11-13-15-17-19-21-32(6)44-28-33(29-45-36(40)22-20-18-16-14-12-8-2)27-37(41)46-30-35-24-23-34(26-31(5)10-4)39(35)38(42)43-25-9-3/h31,33-35H,6-30H2,1-5H3. The fraction of sp³-hybridized carbons (Fsp3) is 0.868. The molecular weight excluding hydrogens is 582 g/mol. The van der Waals surface area contributed by atoms with Crippen LogP contribution in [-0.2, 0) is 28.5 Å². The Hall–Kier alpha value is -2.25. The molecule has 1 saturated heterocycles. The van der Waals surface area contributed by atoms with Crippen molar-refractivity contribution in [3.63, 3.8) is 0 Å². The highest BCUT2D eigenvalue weighted by Crippen LogP contribution is 2.31.